The number of halogens is 2. The molecule has 11 heavy (non-hydrogen) atoms. The largest absolute Gasteiger partial charge is 0.504 e. The van der Waals surface area contributed by atoms with Crippen LogP contribution in [0.2, 0.25) is 10.0 Å². The highest BCUT2D eigenvalue weighted by Gasteiger charge is 2.10. The van der Waals surface area contributed by atoms with E-state index in [1.807, 2.05) is 0 Å². The fourth-order valence-electron chi connectivity index (χ4n) is 0.726. The van der Waals surface area contributed by atoms with E-state index in [-0.39, 0.29) is 21.5 Å². The molecule has 0 aliphatic rings. The molecule has 0 atom stereocenters. The van der Waals surface area contributed by atoms with Gasteiger partial charge in [0.25, 0.3) is 0 Å². The van der Waals surface area contributed by atoms with Gasteiger partial charge in [0.2, 0.25) is 0 Å². The van der Waals surface area contributed by atoms with Crippen LogP contribution in [0.1, 0.15) is 5.56 Å². The van der Waals surface area contributed by atoms with Gasteiger partial charge in [-0.15, -0.1) is 0 Å². The summed E-state index contributed by atoms with van der Waals surface area (Å²) >= 11 is 11.2. The van der Waals surface area contributed by atoms with Crippen molar-refractivity contribution in [2.24, 2.45) is 0 Å². The molecule has 0 spiro atoms. The number of rotatable bonds is 0. The fourth-order valence-corrected chi connectivity index (χ4v) is 1.12. The van der Waals surface area contributed by atoms with Crippen LogP contribution in [0.5, 0.6) is 11.5 Å². The number of phenols is 2. The second-order valence-corrected chi connectivity index (χ2v) is 2.95. The minimum atomic E-state index is -0.373. The molecule has 0 saturated heterocycles. The van der Waals surface area contributed by atoms with Crippen LogP contribution in [0.25, 0.3) is 0 Å². The number of aryl methyl sites for hydroxylation is 1. The van der Waals surface area contributed by atoms with Crippen molar-refractivity contribution in [3.63, 3.8) is 0 Å². The molecule has 0 aliphatic carbocycles. The summed E-state index contributed by atoms with van der Waals surface area (Å²) in [5.74, 6) is -0.626. The first-order valence-corrected chi connectivity index (χ1v) is 3.66. The van der Waals surface area contributed by atoms with Gasteiger partial charge in [-0.05, 0) is 18.6 Å². The zero-order valence-corrected chi connectivity index (χ0v) is 7.24. The topological polar surface area (TPSA) is 40.5 Å². The lowest BCUT2D eigenvalue weighted by molar-refractivity contribution is 0.403. The molecular formula is C7H6Cl2O2. The third-order valence-electron chi connectivity index (χ3n) is 1.34. The van der Waals surface area contributed by atoms with Gasteiger partial charge in [-0.1, -0.05) is 23.2 Å². The molecule has 0 saturated carbocycles. The number of hydrogen-bond acceptors (Lipinski definition) is 2. The monoisotopic (exact) mass is 192 g/mol. The molecule has 1 aromatic carbocycles. The number of benzene rings is 1. The zero-order chi connectivity index (χ0) is 8.59. The summed E-state index contributed by atoms with van der Waals surface area (Å²) < 4.78 is 0. The van der Waals surface area contributed by atoms with Crippen molar-refractivity contribution in [1.82, 2.24) is 0 Å². The van der Waals surface area contributed by atoms with Crippen LogP contribution in [0, 0.1) is 6.92 Å². The van der Waals surface area contributed by atoms with E-state index in [0.717, 1.165) is 0 Å². The van der Waals surface area contributed by atoms with E-state index in [4.69, 9.17) is 33.4 Å². The van der Waals surface area contributed by atoms with E-state index in [0.29, 0.717) is 5.56 Å². The average molecular weight is 193 g/mol. The predicted molar refractivity (Wildman–Crippen MR) is 44.5 cm³/mol. The second-order valence-electron chi connectivity index (χ2n) is 2.19. The highest BCUT2D eigenvalue weighted by Crippen LogP contribution is 2.40. The average Bonchev–Trinajstić information content (AvgIpc) is 1.97. The molecule has 0 fully saturated rings. The van der Waals surface area contributed by atoms with Gasteiger partial charge in [-0.25, -0.2) is 0 Å². The van der Waals surface area contributed by atoms with Crippen molar-refractivity contribution in [3.8, 4) is 11.5 Å². The molecule has 0 radical (unpaired) electrons. The van der Waals surface area contributed by atoms with Crippen LogP contribution in [0.4, 0.5) is 0 Å². The van der Waals surface area contributed by atoms with Gasteiger partial charge >= 0.3 is 0 Å². The lowest BCUT2D eigenvalue weighted by atomic mass is 10.2. The first-order valence-electron chi connectivity index (χ1n) is 2.90. The maximum absolute atomic E-state index is 9.05. The predicted octanol–water partition coefficient (Wildman–Crippen LogP) is 2.71. The maximum Gasteiger partial charge on any atom is 0.178 e. The minimum absolute atomic E-state index is 0.0100. The summed E-state index contributed by atoms with van der Waals surface area (Å²) in [6.07, 6.45) is 0. The second kappa shape index (κ2) is 2.80. The quantitative estimate of drug-likeness (QED) is 0.621. The molecular weight excluding hydrogens is 187 g/mol. The Kier molecular flexibility index (Phi) is 2.16. The highest BCUT2D eigenvalue weighted by atomic mass is 35.5. The summed E-state index contributed by atoms with van der Waals surface area (Å²) in [7, 11) is 0. The lowest BCUT2D eigenvalue weighted by Gasteiger charge is -2.04. The van der Waals surface area contributed by atoms with Gasteiger partial charge in [0.05, 0.1) is 5.02 Å². The normalized spacial score (nSPS) is 10.1. The highest BCUT2D eigenvalue weighted by molar-refractivity contribution is 6.43. The number of phenolic OH excluding ortho intramolecular Hbond substituents is 2. The van der Waals surface area contributed by atoms with E-state index in [1.165, 1.54) is 6.07 Å². The molecule has 2 nitrogen and oxygen atoms in total. The summed E-state index contributed by atoms with van der Waals surface area (Å²) in [4.78, 5) is 0. The molecule has 1 rings (SSSR count). The Bertz CT molecular complexity index is 271. The zero-order valence-electron chi connectivity index (χ0n) is 5.73. The molecule has 0 heterocycles. The van der Waals surface area contributed by atoms with Crippen molar-refractivity contribution in [2.45, 2.75) is 6.92 Å². The van der Waals surface area contributed by atoms with Crippen LogP contribution >= 0.6 is 23.2 Å². The Hall–Kier alpha value is -0.600. The van der Waals surface area contributed by atoms with Crippen molar-refractivity contribution < 1.29 is 10.2 Å². The number of hydrogen-bond donors (Lipinski definition) is 2. The summed E-state index contributed by atoms with van der Waals surface area (Å²) in [6, 6.07) is 1.35. The molecule has 2 N–H and O–H groups in total. The van der Waals surface area contributed by atoms with E-state index >= 15 is 0 Å². The molecule has 1 aromatic rings. The van der Waals surface area contributed by atoms with Crippen LogP contribution in [0.3, 0.4) is 0 Å². The van der Waals surface area contributed by atoms with Gasteiger partial charge in [0.15, 0.2) is 11.5 Å². The molecule has 60 valence electrons. The van der Waals surface area contributed by atoms with E-state index in [1.54, 1.807) is 6.92 Å². The van der Waals surface area contributed by atoms with Crippen molar-refractivity contribution in [3.05, 3.63) is 21.7 Å². The van der Waals surface area contributed by atoms with Gasteiger partial charge < -0.3 is 10.2 Å². The van der Waals surface area contributed by atoms with Crippen molar-refractivity contribution in [1.29, 1.82) is 0 Å². The Morgan fingerprint density at radius 3 is 2.27 bits per heavy atom. The Morgan fingerprint density at radius 2 is 1.73 bits per heavy atom. The maximum atomic E-state index is 9.05. The Morgan fingerprint density at radius 1 is 1.18 bits per heavy atom. The van der Waals surface area contributed by atoms with Gasteiger partial charge in [0, 0.05) is 0 Å². The molecule has 0 unspecified atom stereocenters. The van der Waals surface area contributed by atoms with E-state index in [2.05, 4.69) is 0 Å². The molecule has 0 aromatic heterocycles. The molecule has 0 amide bonds. The smallest absolute Gasteiger partial charge is 0.178 e. The first kappa shape index (κ1) is 8.50. The summed E-state index contributed by atoms with van der Waals surface area (Å²) in [6.45, 7) is 1.69. The van der Waals surface area contributed by atoms with Gasteiger partial charge in [-0.3, -0.25) is 0 Å². The van der Waals surface area contributed by atoms with Crippen LogP contribution in [-0.4, -0.2) is 10.2 Å². The summed E-state index contributed by atoms with van der Waals surface area (Å²) in [5, 5.41) is 18.3. The van der Waals surface area contributed by atoms with Crippen LogP contribution in [0.15, 0.2) is 6.07 Å². The third-order valence-corrected chi connectivity index (χ3v) is 2.29. The molecule has 0 bridgehead atoms. The Labute approximate surface area is 74.0 Å². The number of aromatic hydroxyl groups is 2. The minimum Gasteiger partial charge on any atom is -0.504 e. The van der Waals surface area contributed by atoms with E-state index < -0.39 is 0 Å². The van der Waals surface area contributed by atoms with Crippen molar-refractivity contribution in [2.75, 3.05) is 0 Å². The Balaban J connectivity index is 3.46. The first-order chi connectivity index (χ1) is 5.04. The third kappa shape index (κ3) is 1.37. The fraction of sp³-hybridized carbons (Fsp3) is 0.143. The lowest BCUT2D eigenvalue weighted by Crippen LogP contribution is -1.78. The summed E-state index contributed by atoms with van der Waals surface area (Å²) in [5.41, 5.74) is 0.631. The standard InChI is InChI=1S/C7H6Cl2O2/c1-3-2-4(10)7(11)6(9)5(3)8/h2,10-11H,1H3. The molecule has 4 heteroatoms. The van der Waals surface area contributed by atoms with Crippen molar-refractivity contribution >= 4 is 23.2 Å². The van der Waals surface area contributed by atoms with E-state index in [9.17, 15) is 0 Å². The van der Waals surface area contributed by atoms with Gasteiger partial charge in [-0.2, -0.15) is 0 Å². The van der Waals surface area contributed by atoms with Gasteiger partial charge in [0.1, 0.15) is 5.02 Å². The van der Waals surface area contributed by atoms with Crippen LogP contribution in [-0.2, 0) is 0 Å². The SMILES string of the molecule is Cc1cc(O)c(O)c(Cl)c1Cl. The van der Waals surface area contributed by atoms with Crippen LogP contribution < -0.4 is 0 Å². The molecule has 0 aliphatic heterocycles.